The molecule has 1 aromatic heterocycles. The van der Waals surface area contributed by atoms with Gasteiger partial charge in [-0.2, -0.15) is 5.26 Å². The lowest BCUT2D eigenvalue weighted by Crippen LogP contribution is -2.32. The van der Waals surface area contributed by atoms with Gasteiger partial charge in [0.2, 0.25) is 0 Å². The third-order valence-electron chi connectivity index (χ3n) is 2.03. The molecule has 0 bridgehead atoms. The highest BCUT2D eigenvalue weighted by atomic mass is 16.1. The van der Waals surface area contributed by atoms with Crippen LogP contribution in [-0.2, 0) is 0 Å². The maximum Gasteiger partial charge on any atom is 0.253 e. The Morgan fingerprint density at radius 2 is 2.47 bits per heavy atom. The molecule has 1 rings (SSSR count). The van der Waals surface area contributed by atoms with Crippen LogP contribution in [-0.4, -0.2) is 16.9 Å². The van der Waals surface area contributed by atoms with Gasteiger partial charge in [0.15, 0.2) is 0 Å². The van der Waals surface area contributed by atoms with E-state index in [2.05, 4.69) is 10.3 Å². The standard InChI is InChI=1S/C11H13N3O/c1-8(5-6-12)14-11(15)10-4-3-7-13-9(10)2/h3-4,7-8H,5H2,1-2H3,(H,14,15). The predicted octanol–water partition coefficient (Wildman–Crippen LogP) is 1.42. The van der Waals surface area contributed by atoms with Gasteiger partial charge in [0.05, 0.1) is 18.1 Å². The zero-order valence-corrected chi connectivity index (χ0v) is 8.82. The largest absolute Gasteiger partial charge is 0.348 e. The number of amides is 1. The molecule has 0 aliphatic rings. The molecule has 1 amide bonds. The maximum absolute atomic E-state index is 11.7. The second-order valence-electron chi connectivity index (χ2n) is 3.37. The second kappa shape index (κ2) is 5.11. The molecule has 4 heteroatoms. The van der Waals surface area contributed by atoms with E-state index in [9.17, 15) is 4.79 Å². The Morgan fingerprint density at radius 1 is 1.73 bits per heavy atom. The van der Waals surface area contributed by atoms with Crippen molar-refractivity contribution < 1.29 is 4.79 Å². The average Bonchev–Trinajstić information content (AvgIpc) is 2.18. The molecule has 0 aliphatic heterocycles. The van der Waals surface area contributed by atoms with Gasteiger partial charge >= 0.3 is 0 Å². The smallest absolute Gasteiger partial charge is 0.253 e. The first-order chi connectivity index (χ1) is 7.15. The monoisotopic (exact) mass is 203 g/mol. The van der Waals surface area contributed by atoms with Gasteiger partial charge in [-0.15, -0.1) is 0 Å². The summed E-state index contributed by atoms with van der Waals surface area (Å²) < 4.78 is 0. The molecule has 0 spiro atoms. The third kappa shape index (κ3) is 3.06. The van der Waals surface area contributed by atoms with Crippen LogP contribution in [0.15, 0.2) is 18.3 Å². The molecule has 4 nitrogen and oxygen atoms in total. The number of pyridine rings is 1. The van der Waals surface area contributed by atoms with Crippen LogP contribution in [0.25, 0.3) is 0 Å². The van der Waals surface area contributed by atoms with Gasteiger partial charge in [0, 0.05) is 17.9 Å². The number of nitrogens with zero attached hydrogens (tertiary/aromatic N) is 2. The van der Waals surface area contributed by atoms with E-state index < -0.39 is 0 Å². The Kier molecular flexibility index (Phi) is 3.81. The van der Waals surface area contributed by atoms with E-state index in [0.29, 0.717) is 17.7 Å². The zero-order valence-electron chi connectivity index (χ0n) is 8.82. The highest BCUT2D eigenvalue weighted by Gasteiger charge is 2.11. The fraction of sp³-hybridized carbons (Fsp3) is 0.364. The zero-order chi connectivity index (χ0) is 11.3. The van der Waals surface area contributed by atoms with E-state index >= 15 is 0 Å². The second-order valence-corrected chi connectivity index (χ2v) is 3.37. The number of nitriles is 1. The number of nitrogens with one attached hydrogen (secondary N) is 1. The molecule has 0 fully saturated rings. The minimum absolute atomic E-state index is 0.137. The van der Waals surface area contributed by atoms with Crippen molar-refractivity contribution in [3.8, 4) is 6.07 Å². The lowest BCUT2D eigenvalue weighted by atomic mass is 10.1. The normalized spacial score (nSPS) is 11.5. The molecular weight excluding hydrogens is 190 g/mol. The van der Waals surface area contributed by atoms with Crippen LogP contribution >= 0.6 is 0 Å². The quantitative estimate of drug-likeness (QED) is 0.808. The van der Waals surface area contributed by atoms with Crippen LogP contribution in [0, 0.1) is 18.3 Å². The number of aromatic nitrogens is 1. The highest BCUT2D eigenvalue weighted by Crippen LogP contribution is 2.04. The lowest BCUT2D eigenvalue weighted by Gasteiger charge is -2.10. The van der Waals surface area contributed by atoms with Gasteiger partial charge in [-0.1, -0.05) is 0 Å². The van der Waals surface area contributed by atoms with Crippen molar-refractivity contribution in [2.75, 3.05) is 0 Å². The Hall–Kier alpha value is -1.89. The highest BCUT2D eigenvalue weighted by molar-refractivity contribution is 5.95. The van der Waals surface area contributed by atoms with Crippen molar-refractivity contribution in [1.82, 2.24) is 10.3 Å². The van der Waals surface area contributed by atoms with Gasteiger partial charge in [-0.25, -0.2) is 0 Å². The molecule has 1 aromatic rings. The average molecular weight is 203 g/mol. The molecule has 78 valence electrons. The lowest BCUT2D eigenvalue weighted by molar-refractivity contribution is 0.0940. The summed E-state index contributed by atoms with van der Waals surface area (Å²) >= 11 is 0. The molecular formula is C11H13N3O. The summed E-state index contributed by atoms with van der Waals surface area (Å²) in [6, 6.07) is 5.31. The number of carbonyl (C=O) groups excluding carboxylic acids is 1. The van der Waals surface area contributed by atoms with Gasteiger partial charge in [-0.05, 0) is 26.0 Å². The summed E-state index contributed by atoms with van der Waals surface area (Å²) in [5.41, 5.74) is 1.25. The molecule has 0 aromatic carbocycles. The molecule has 0 saturated carbocycles. The number of carbonyl (C=O) groups is 1. The minimum atomic E-state index is -0.177. The third-order valence-corrected chi connectivity index (χ3v) is 2.03. The summed E-state index contributed by atoms with van der Waals surface area (Å²) in [6.45, 7) is 3.58. The topological polar surface area (TPSA) is 65.8 Å². The van der Waals surface area contributed by atoms with Gasteiger partial charge in [0.1, 0.15) is 0 Å². The number of aryl methyl sites for hydroxylation is 1. The number of hydrogen-bond donors (Lipinski definition) is 1. The van der Waals surface area contributed by atoms with Crippen LogP contribution in [0.4, 0.5) is 0 Å². The minimum Gasteiger partial charge on any atom is -0.348 e. The van der Waals surface area contributed by atoms with Crippen molar-refractivity contribution in [3.63, 3.8) is 0 Å². The number of rotatable bonds is 3. The Balaban J connectivity index is 2.70. The molecule has 0 saturated heterocycles. The Bertz CT molecular complexity index is 395. The molecule has 0 radical (unpaired) electrons. The summed E-state index contributed by atoms with van der Waals surface area (Å²) in [7, 11) is 0. The van der Waals surface area contributed by atoms with Crippen LogP contribution in [0.1, 0.15) is 29.4 Å². The van der Waals surface area contributed by atoms with Crippen LogP contribution in [0.3, 0.4) is 0 Å². The summed E-state index contributed by atoms with van der Waals surface area (Å²) in [4.78, 5) is 15.7. The molecule has 1 heterocycles. The first kappa shape index (κ1) is 11.2. The van der Waals surface area contributed by atoms with E-state index in [4.69, 9.17) is 5.26 Å². The molecule has 1 unspecified atom stereocenters. The first-order valence-corrected chi connectivity index (χ1v) is 4.74. The summed E-state index contributed by atoms with van der Waals surface area (Å²) in [5, 5.41) is 11.2. The van der Waals surface area contributed by atoms with Crippen LogP contribution in [0.5, 0.6) is 0 Å². The molecule has 0 aliphatic carbocycles. The van der Waals surface area contributed by atoms with Crippen molar-refractivity contribution in [2.24, 2.45) is 0 Å². The molecule has 15 heavy (non-hydrogen) atoms. The van der Waals surface area contributed by atoms with Crippen LogP contribution in [0.2, 0.25) is 0 Å². The van der Waals surface area contributed by atoms with E-state index in [1.54, 1.807) is 32.2 Å². The van der Waals surface area contributed by atoms with E-state index in [1.165, 1.54) is 0 Å². The van der Waals surface area contributed by atoms with Crippen molar-refractivity contribution >= 4 is 5.91 Å². The van der Waals surface area contributed by atoms with Crippen molar-refractivity contribution in [3.05, 3.63) is 29.6 Å². The van der Waals surface area contributed by atoms with Crippen molar-refractivity contribution in [1.29, 1.82) is 5.26 Å². The van der Waals surface area contributed by atoms with Crippen molar-refractivity contribution in [2.45, 2.75) is 26.3 Å². The fourth-order valence-corrected chi connectivity index (χ4v) is 1.21. The Labute approximate surface area is 88.9 Å². The molecule has 1 N–H and O–H groups in total. The molecule has 1 atom stereocenters. The van der Waals surface area contributed by atoms with E-state index in [-0.39, 0.29) is 11.9 Å². The first-order valence-electron chi connectivity index (χ1n) is 4.74. The van der Waals surface area contributed by atoms with Crippen LogP contribution < -0.4 is 5.32 Å². The summed E-state index contributed by atoms with van der Waals surface area (Å²) in [6.07, 6.45) is 1.95. The van der Waals surface area contributed by atoms with E-state index in [0.717, 1.165) is 0 Å². The predicted molar refractivity (Wildman–Crippen MR) is 56.1 cm³/mol. The number of hydrogen-bond acceptors (Lipinski definition) is 3. The van der Waals surface area contributed by atoms with Gasteiger partial charge < -0.3 is 5.32 Å². The fourth-order valence-electron chi connectivity index (χ4n) is 1.21. The van der Waals surface area contributed by atoms with E-state index in [1.807, 2.05) is 6.07 Å². The van der Waals surface area contributed by atoms with Gasteiger partial charge in [-0.3, -0.25) is 9.78 Å². The Morgan fingerprint density at radius 3 is 3.07 bits per heavy atom. The maximum atomic E-state index is 11.7. The SMILES string of the molecule is Cc1ncccc1C(=O)NC(C)CC#N. The van der Waals surface area contributed by atoms with Gasteiger partial charge in [0.25, 0.3) is 5.91 Å². The summed E-state index contributed by atoms with van der Waals surface area (Å²) in [5.74, 6) is -0.177.